The highest BCUT2D eigenvalue weighted by molar-refractivity contribution is 5.81. The molecule has 27 heavy (non-hydrogen) atoms. The number of nitrogens with one attached hydrogen (secondary N) is 1. The lowest BCUT2D eigenvalue weighted by Gasteiger charge is -2.21. The molecule has 0 heterocycles. The summed E-state index contributed by atoms with van der Waals surface area (Å²) >= 11 is 0. The van der Waals surface area contributed by atoms with E-state index in [4.69, 9.17) is 9.47 Å². The molecule has 0 aliphatic rings. The molecule has 0 saturated heterocycles. The van der Waals surface area contributed by atoms with Gasteiger partial charge in [0.15, 0.2) is 6.10 Å². The maximum atomic E-state index is 12.5. The summed E-state index contributed by atoms with van der Waals surface area (Å²) in [6, 6.07) is 13.9. The van der Waals surface area contributed by atoms with Crippen molar-refractivity contribution in [3.8, 4) is 11.5 Å². The first-order valence-corrected chi connectivity index (χ1v) is 9.53. The van der Waals surface area contributed by atoms with Crippen molar-refractivity contribution in [3.63, 3.8) is 0 Å². The van der Waals surface area contributed by atoms with Crippen LogP contribution >= 0.6 is 0 Å². The molecule has 4 nitrogen and oxygen atoms in total. The number of hydrogen-bond donors (Lipinski definition) is 1. The first-order valence-electron chi connectivity index (χ1n) is 9.53. The molecule has 0 aliphatic carbocycles. The van der Waals surface area contributed by atoms with Gasteiger partial charge in [0.05, 0.1) is 6.04 Å². The van der Waals surface area contributed by atoms with Gasteiger partial charge >= 0.3 is 0 Å². The summed E-state index contributed by atoms with van der Waals surface area (Å²) in [7, 11) is 0. The van der Waals surface area contributed by atoms with E-state index in [9.17, 15) is 4.79 Å². The van der Waals surface area contributed by atoms with Gasteiger partial charge in [-0.2, -0.15) is 0 Å². The Morgan fingerprint density at radius 2 is 1.59 bits per heavy atom. The normalized spacial score (nSPS) is 13.1. The summed E-state index contributed by atoms with van der Waals surface area (Å²) in [5, 5.41) is 2.96. The van der Waals surface area contributed by atoms with E-state index in [1.54, 1.807) is 6.92 Å². The molecule has 4 heteroatoms. The SMILES string of the molecule is Cc1ccc(OC[C@H](C)NC(=O)[C@@H](C)Oc2cc(C)ccc2C(C)C)cc1. The Labute approximate surface area is 162 Å². The monoisotopic (exact) mass is 369 g/mol. The van der Waals surface area contributed by atoms with Crippen LogP contribution in [0.2, 0.25) is 0 Å². The molecule has 0 spiro atoms. The summed E-state index contributed by atoms with van der Waals surface area (Å²) < 4.78 is 11.7. The number of carbonyl (C=O) groups is 1. The summed E-state index contributed by atoms with van der Waals surface area (Å²) in [6.07, 6.45) is -0.578. The zero-order valence-electron chi connectivity index (χ0n) is 17.2. The van der Waals surface area contributed by atoms with E-state index in [0.29, 0.717) is 12.5 Å². The van der Waals surface area contributed by atoms with Gasteiger partial charge in [0, 0.05) is 0 Å². The van der Waals surface area contributed by atoms with Crippen molar-refractivity contribution in [2.75, 3.05) is 6.61 Å². The number of hydrogen-bond acceptors (Lipinski definition) is 3. The van der Waals surface area contributed by atoms with Crippen LogP contribution in [0.1, 0.15) is 50.3 Å². The molecule has 0 radical (unpaired) electrons. The zero-order chi connectivity index (χ0) is 20.0. The Hall–Kier alpha value is -2.49. The van der Waals surface area contributed by atoms with Crippen LogP contribution in [0.3, 0.4) is 0 Å². The minimum atomic E-state index is -0.578. The maximum Gasteiger partial charge on any atom is 0.261 e. The molecule has 146 valence electrons. The predicted octanol–water partition coefficient (Wildman–Crippen LogP) is 4.78. The van der Waals surface area contributed by atoms with Gasteiger partial charge in [-0.25, -0.2) is 0 Å². The van der Waals surface area contributed by atoms with Crippen LogP contribution < -0.4 is 14.8 Å². The Bertz CT molecular complexity index is 753. The lowest BCUT2D eigenvalue weighted by molar-refractivity contribution is -0.128. The van der Waals surface area contributed by atoms with Gasteiger partial charge in [-0.05, 0) is 62.9 Å². The quantitative estimate of drug-likeness (QED) is 0.728. The van der Waals surface area contributed by atoms with Crippen LogP contribution in [0.15, 0.2) is 42.5 Å². The van der Waals surface area contributed by atoms with E-state index in [0.717, 1.165) is 22.6 Å². The third-order valence-corrected chi connectivity index (χ3v) is 4.37. The largest absolute Gasteiger partial charge is 0.491 e. The lowest BCUT2D eigenvalue weighted by atomic mass is 10.0. The van der Waals surface area contributed by atoms with Crippen LogP contribution in [0.4, 0.5) is 0 Å². The average Bonchev–Trinajstić information content (AvgIpc) is 2.61. The fraction of sp³-hybridized carbons (Fsp3) is 0.435. The van der Waals surface area contributed by atoms with Gasteiger partial charge in [0.25, 0.3) is 5.91 Å². The summed E-state index contributed by atoms with van der Waals surface area (Å²) in [6.45, 7) is 12.4. The number of benzene rings is 2. The van der Waals surface area contributed by atoms with Crippen molar-refractivity contribution < 1.29 is 14.3 Å². The maximum absolute atomic E-state index is 12.5. The summed E-state index contributed by atoms with van der Waals surface area (Å²) in [4.78, 5) is 12.5. The molecule has 2 aromatic carbocycles. The van der Waals surface area contributed by atoms with E-state index in [2.05, 4.69) is 31.3 Å². The Morgan fingerprint density at radius 3 is 2.22 bits per heavy atom. The number of carbonyl (C=O) groups excluding carboxylic acids is 1. The minimum Gasteiger partial charge on any atom is -0.491 e. The number of rotatable bonds is 8. The molecular weight excluding hydrogens is 338 g/mol. The van der Waals surface area contributed by atoms with Crippen molar-refractivity contribution in [1.82, 2.24) is 5.32 Å². The second kappa shape index (κ2) is 9.45. The Kier molecular flexibility index (Phi) is 7.28. The molecule has 0 saturated carbocycles. The molecule has 0 fully saturated rings. The van der Waals surface area contributed by atoms with Crippen molar-refractivity contribution >= 4 is 5.91 Å². The molecule has 0 unspecified atom stereocenters. The lowest BCUT2D eigenvalue weighted by Crippen LogP contribution is -2.43. The van der Waals surface area contributed by atoms with Crippen molar-refractivity contribution in [3.05, 3.63) is 59.2 Å². The van der Waals surface area contributed by atoms with Crippen molar-refractivity contribution in [2.45, 2.75) is 59.6 Å². The van der Waals surface area contributed by atoms with Crippen LogP contribution in [0.5, 0.6) is 11.5 Å². The van der Waals surface area contributed by atoms with Crippen LogP contribution in [-0.2, 0) is 4.79 Å². The predicted molar refractivity (Wildman–Crippen MR) is 110 cm³/mol. The highest BCUT2D eigenvalue weighted by atomic mass is 16.5. The van der Waals surface area contributed by atoms with E-state index in [1.807, 2.05) is 51.1 Å². The number of amides is 1. The molecule has 0 aromatic heterocycles. The van der Waals surface area contributed by atoms with Gasteiger partial charge < -0.3 is 14.8 Å². The summed E-state index contributed by atoms with van der Waals surface area (Å²) in [5.41, 5.74) is 3.41. The molecule has 1 N–H and O–H groups in total. The van der Waals surface area contributed by atoms with E-state index >= 15 is 0 Å². The Morgan fingerprint density at radius 1 is 0.963 bits per heavy atom. The van der Waals surface area contributed by atoms with Gasteiger partial charge in [-0.3, -0.25) is 4.79 Å². The molecule has 1 amide bonds. The van der Waals surface area contributed by atoms with E-state index < -0.39 is 6.10 Å². The molecular formula is C23H31NO3. The van der Waals surface area contributed by atoms with Gasteiger partial charge in [-0.1, -0.05) is 43.7 Å². The van der Waals surface area contributed by atoms with Gasteiger partial charge in [0.2, 0.25) is 0 Å². The van der Waals surface area contributed by atoms with Crippen LogP contribution in [0.25, 0.3) is 0 Å². The second-order valence-corrected chi connectivity index (χ2v) is 7.49. The Balaban J connectivity index is 1.89. The molecule has 2 aromatic rings. The smallest absolute Gasteiger partial charge is 0.261 e. The first-order chi connectivity index (χ1) is 12.8. The van der Waals surface area contributed by atoms with Crippen molar-refractivity contribution in [1.29, 1.82) is 0 Å². The minimum absolute atomic E-state index is 0.119. The highest BCUT2D eigenvalue weighted by Crippen LogP contribution is 2.28. The highest BCUT2D eigenvalue weighted by Gasteiger charge is 2.19. The molecule has 2 rings (SSSR count). The zero-order valence-corrected chi connectivity index (χ0v) is 17.2. The first kappa shape index (κ1) is 20.8. The fourth-order valence-electron chi connectivity index (χ4n) is 2.72. The standard InChI is InChI=1S/C23H31NO3/c1-15(2)21-12-9-17(4)13-22(21)27-19(6)23(25)24-18(5)14-26-20-10-7-16(3)8-11-20/h7-13,15,18-19H,14H2,1-6H3,(H,24,25)/t18-,19+/m0/s1. The third kappa shape index (κ3) is 6.31. The summed E-state index contributed by atoms with van der Waals surface area (Å²) in [5.74, 6) is 1.76. The second-order valence-electron chi connectivity index (χ2n) is 7.49. The van der Waals surface area contributed by atoms with E-state index in [1.165, 1.54) is 5.56 Å². The van der Waals surface area contributed by atoms with Crippen molar-refractivity contribution in [2.24, 2.45) is 0 Å². The van der Waals surface area contributed by atoms with Crippen LogP contribution in [-0.4, -0.2) is 24.7 Å². The molecule has 2 atom stereocenters. The van der Waals surface area contributed by atoms with Gasteiger partial charge in [-0.15, -0.1) is 0 Å². The number of ether oxygens (including phenoxy) is 2. The molecule has 0 aliphatic heterocycles. The molecule has 0 bridgehead atoms. The van der Waals surface area contributed by atoms with E-state index in [-0.39, 0.29) is 11.9 Å². The third-order valence-electron chi connectivity index (χ3n) is 4.37. The van der Waals surface area contributed by atoms with Crippen LogP contribution in [0, 0.1) is 13.8 Å². The fourth-order valence-corrected chi connectivity index (χ4v) is 2.72. The average molecular weight is 370 g/mol. The number of aryl methyl sites for hydroxylation is 2. The van der Waals surface area contributed by atoms with Gasteiger partial charge in [0.1, 0.15) is 18.1 Å². The topological polar surface area (TPSA) is 47.6 Å².